The molecule has 164 valence electrons. The topological polar surface area (TPSA) is 121 Å². The number of esters is 1. The normalized spacial score (nSPS) is 10.5. The van der Waals surface area contributed by atoms with E-state index in [4.69, 9.17) is 31.1 Å². The lowest BCUT2D eigenvalue weighted by molar-refractivity contribution is -0.112. The first-order valence-electron chi connectivity index (χ1n) is 9.59. The second kappa shape index (κ2) is 12.0. The van der Waals surface area contributed by atoms with E-state index in [9.17, 15) is 14.9 Å². The van der Waals surface area contributed by atoms with Crippen molar-refractivity contribution in [3.8, 4) is 23.6 Å². The molecule has 0 spiro atoms. The number of ether oxygens (including phenoxy) is 3. The third-order valence-electron chi connectivity index (χ3n) is 3.94. The summed E-state index contributed by atoms with van der Waals surface area (Å²) >= 11 is 6.24. The van der Waals surface area contributed by atoms with E-state index >= 15 is 0 Å². The number of halogens is 1. The van der Waals surface area contributed by atoms with Gasteiger partial charge in [0, 0.05) is 5.69 Å². The molecule has 32 heavy (non-hydrogen) atoms. The Labute approximate surface area is 190 Å². The van der Waals surface area contributed by atoms with Gasteiger partial charge < -0.3 is 19.5 Å². The summed E-state index contributed by atoms with van der Waals surface area (Å²) in [6.07, 6.45) is 1.35. The van der Waals surface area contributed by atoms with Crippen molar-refractivity contribution in [2.75, 3.05) is 25.1 Å². The van der Waals surface area contributed by atoms with Crippen LogP contribution in [0.25, 0.3) is 6.08 Å². The smallest absolute Gasteiger partial charge is 0.338 e. The van der Waals surface area contributed by atoms with E-state index in [1.165, 1.54) is 36.4 Å². The number of carbonyl (C=O) groups is 2. The molecule has 0 aliphatic heterocycles. The van der Waals surface area contributed by atoms with Crippen LogP contribution < -0.4 is 14.8 Å². The molecule has 0 saturated heterocycles. The number of amides is 1. The molecule has 8 nitrogen and oxygen atoms in total. The number of hydrogen-bond acceptors (Lipinski definition) is 7. The van der Waals surface area contributed by atoms with Gasteiger partial charge in [-0.15, -0.1) is 0 Å². The van der Waals surface area contributed by atoms with Gasteiger partial charge in [-0.2, -0.15) is 10.5 Å². The summed E-state index contributed by atoms with van der Waals surface area (Å²) in [4.78, 5) is 24.3. The Morgan fingerprint density at radius 1 is 1.09 bits per heavy atom. The van der Waals surface area contributed by atoms with E-state index in [1.807, 2.05) is 12.1 Å². The Balaban J connectivity index is 2.25. The second-order valence-corrected chi connectivity index (χ2v) is 6.54. The minimum Gasteiger partial charge on any atom is -0.490 e. The van der Waals surface area contributed by atoms with Gasteiger partial charge in [-0.25, -0.2) is 4.79 Å². The molecule has 2 aromatic rings. The van der Waals surface area contributed by atoms with Crippen molar-refractivity contribution in [2.24, 2.45) is 0 Å². The van der Waals surface area contributed by atoms with E-state index < -0.39 is 11.9 Å². The van der Waals surface area contributed by atoms with E-state index in [2.05, 4.69) is 5.32 Å². The van der Waals surface area contributed by atoms with Crippen molar-refractivity contribution in [3.63, 3.8) is 0 Å². The van der Waals surface area contributed by atoms with Crippen molar-refractivity contribution < 1.29 is 23.8 Å². The van der Waals surface area contributed by atoms with Crippen molar-refractivity contribution in [1.82, 2.24) is 0 Å². The third-order valence-corrected chi connectivity index (χ3v) is 4.22. The summed E-state index contributed by atoms with van der Waals surface area (Å²) in [5.74, 6) is -0.618. The minimum atomic E-state index is -0.643. The summed E-state index contributed by atoms with van der Waals surface area (Å²) in [7, 11) is 0. The molecule has 0 unspecified atom stereocenters. The maximum Gasteiger partial charge on any atom is 0.338 e. The van der Waals surface area contributed by atoms with Crippen molar-refractivity contribution in [2.45, 2.75) is 13.8 Å². The van der Waals surface area contributed by atoms with Crippen molar-refractivity contribution in [1.29, 1.82) is 10.5 Å². The van der Waals surface area contributed by atoms with Gasteiger partial charge >= 0.3 is 5.97 Å². The molecule has 2 aromatic carbocycles. The molecule has 0 bridgehead atoms. The van der Waals surface area contributed by atoms with Gasteiger partial charge in [0.1, 0.15) is 17.7 Å². The molecule has 0 radical (unpaired) electrons. The van der Waals surface area contributed by atoms with Crippen LogP contribution in [0.1, 0.15) is 29.8 Å². The third kappa shape index (κ3) is 6.49. The largest absolute Gasteiger partial charge is 0.490 e. The van der Waals surface area contributed by atoms with Gasteiger partial charge in [-0.1, -0.05) is 11.6 Å². The number of nitrogens with one attached hydrogen (secondary N) is 1. The van der Waals surface area contributed by atoms with Gasteiger partial charge in [0.25, 0.3) is 5.91 Å². The maximum absolute atomic E-state index is 12.6. The molecule has 0 aliphatic carbocycles. The van der Waals surface area contributed by atoms with Crippen molar-refractivity contribution in [3.05, 3.63) is 58.1 Å². The number of hydrogen-bond donors (Lipinski definition) is 1. The first kappa shape index (κ1) is 24.3. The summed E-state index contributed by atoms with van der Waals surface area (Å²) in [6.45, 7) is 3.84. The Bertz CT molecular complexity index is 1100. The van der Waals surface area contributed by atoms with E-state index in [-0.39, 0.29) is 35.3 Å². The molecule has 1 N–H and O–H groups in total. The molecule has 2 rings (SSSR count). The predicted molar refractivity (Wildman–Crippen MR) is 118 cm³/mol. The lowest BCUT2D eigenvalue weighted by atomic mass is 10.1. The number of rotatable bonds is 9. The standard InChI is InChI=1S/C23H20ClN3O5/c1-3-30-20-13-15(12-19(24)21(20)32-10-9-25)11-17(14-26)22(28)27-18-7-5-16(6-8-18)23(29)31-4-2/h5-8,11-13H,3-4,10H2,1-2H3,(H,27,28)/b17-11+. The van der Waals surface area contributed by atoms with E-state index in [1.54, 1.807) is 19.9 Å². The van der Waals surface area contributed by atoms with Gasteiger partial charge in [0.2, 0.25) is 0 Å². The number of nitriles is 2. The molecule has 0 atom stereocenters. The molecule has 0 fully saturated rings. The predicted octanol–water partition coefficient (Wildman–Crippen LogP) is 4.36. The first-order valence-corrected chi connectivity index (χ1v) is 9.97. The van der Waals surface area contributed by atoms with Gasteiger partial charge in [0.15, 0.2) is 18.1 Å². The molecule has 9 heteroatoms. The van der Waals surface area contributed by atoms with Gasteiger partial charge in [0.05, 0.1) is 23.8 Å². The molecule has 1 amide bonds. The second-order valence-electron chi connectivity index (χ2n) is 6.13. The summed E-state index contributed by atoms with van der Waals surface area (Å²) in [5.41, 5.74) is 1.01. The molecular weight excluding hydrogens is 434 g/mol. The Hall–Kier alpha value is -4.01. The fraction of sp³-hybridized carbons (Fsp3) is 0.217. The first-order chi connectivity index (χ1) is 15.4. The molecule has 0 heterocycles. The Kier molecular flexibility index (Phi) is 9.09. The number of anilines is 1. The van der Waals surface area contributed by atoms with Crippen LogP contribution in [0.15, 0.2) is 42.0 Å². The number of nitrogens with zero attached hydrogens (tertiary/aromatic N) is 2. The lowest BCUT2D eigenvalue weighted by Gasteiger charge is -2.13. The zero-order valence-corrected chi connectivity index (χ0v) is 18.2. The average Bonchev–Trinajstić information content (AvgIpc) is 2.77. The van der Waals surface area contributed by atoms with Crippen LogP contribution in [0.2, 0.25) is 5.02 Å². The highest BCUT2D eigenvalue weighted by molar-refractivity contribution is 6.32. The highest BCUT2D eigenvalue weighted by atomic mass is 35.5. The molecule has 0 aliphatic rings. The minimum absolute atomic E-state index is 0.171. The van der Waals surface area contributed by atoms with Gasteiger partial charge in [-0.3, -0.25) is 4.79 Å². The van der Waals surface area contributed by atoms with Crippen LogP contribution >= 0.6 is 11.6 Å². The lowest BCUT2D eigenvalue weighted by Crippen LogP contribution is -2.13. The average molecular weight is 454 g/mol. The molecule has 0 saturated carbocycles. The zero-order valence-electron chi connectivity index (χ0n) is 17.5. The Morgan fingerprint density at radius 2 is 1.81 bits per heavy atom. The highest BCUT2D eigenvalue weighted by Gasteiger charge is 2.15. The van der Waals surface area contributed by atoms with Gasteiger partial charge in [-0.05, 0) is 61.9 Å². The number of benzene rings is 2. The fourth-order valence-electron chi connectivity index (χ4n) is 2.60. The van der Waals surface area contributed by atoms with E-state index in [0.29, 0.717) is 23.4 Å². The fourth-order valence-corrected chi connectivity index (χ4v) is 2.87. The van der Waals surface area contributed by atoms with Crippen LogP contribution in [0.5, 0.6) is 11.5 Å². The zero-order chi connectivity index (χ0) is 23.5. The molecular formula is C23H20ClN3O5. The summed E-state index contributed by atoms with van der Waals surface area (Å²) < 4.78 is 15.7. The SMILES string of the molecule is CCOC(=O)c1ccc(NC(=O)/C(C#N)=C/c2cc(Cl)c(OCC#N)c(OCC)c2)cc1. The van der Waals surface area contributed by atoms with Crippen LogP contribution in [-0.2, 0) is 9.53 Å². The quantitative estimate of drug-likeness (QED) is 0.340. The summed E-state index contributed by atoms with van der Waals surface area (Å²) in [6, 6.07) is 12.8. The van der Waals surface area contributed by atoms with Crippen LogP contribution in [0, 0.1) is 22.7 Å². The maximum atomic E-state index is 12.6. The monoisotopic (exact) mass is 453 g/mol. The van der Waals surface area contributed by atoms with Crippen LogP contribution in [-0.4, -0.2) is 31.7 Å². The Morgan fingerprint density at radius 3 is 2.41 bits per heavy atom. The molecule has 0 aromatic heterocycles. The van der Waals surface area contributed by atoms with Crippen molar-refractivity contribution >= 4 is 35.2 Å². The van der Waals surface area contributed by atoms with E-state index in [0.717, 1.165) is 0 Å². The number of carbonyl (C=O) groups excluding carboxylic acids is 2. The highest BCUT2D eigenvalue weighted by Crippen LogP contribution is 2.37. The summed E-state index contributed by atoms with van der Waals surface area (Å²) in [5, 5.41) is 20.9. The van der Waals surface area contributed by atoms with Crippen LogP contribution in [0.4, 0.5) is 5.69 Å². The van der Waals surface area contributed by atoms with Crippen LogP contribution in [0.3, 0.4) is 0 Å².